The van der Waals surface area contributed by atoms with Gasteiger partial charge in [-0.05, 0) is 37.2 Å². The van der Waals surface area contributed by atoms with Gasteiger partial charge in [0.05, 0.1) is 0 Å². The van der Waals surface area contributed by atoms with E-state index in [0.29, 0.717) is 18.6 Å². The summed E-state index contributed by atoms with van der Waals surface area (Å²) in [6, 6.07) is 6.52. The topological polar surface area (TPSA) is 33.7 Å². The van der Waals surface area contributed by atoms with Crippen molar-refractivity contribution in [1.82, 2.24) is 10.2 Å². The Morgan fingerprint density at radius 1 is 1.19 bits per heavy atom. The van der Waals surface area contributed by atoms with Crippen LogP contribution in [-0.2, 0) is 0 Å². The standard InChI is InChI=1S/C17H28N2O2/c1-17(2,3)12-19(5)11-14(18-4)13-6-7-15-16(10-13)21-9-8-20-15/h6-7,10,14,18H,8-9,11-12H2,1-5H3. The van der Waals surface area contributed by atoms with Gasteiger partial charge in [-0.2, -0.15) is 0 Å². The van der Waals surface area contributed by atoms with E-state index in [4.69, 9.17) is 9.47 Å². The first kappa shape index (κ1) is 16.1. The molecule has 0 saturated carbocycles. The third kappa shape index (κ3) is 4.61. The first-order chi connectivity index (χ1) is 9.89. The number of nitrogens with zero attached hydrogens (tertiary/aromatic N) is 1. The maximum Gasteiger partial charge on any atom is 0.161 e. The fraction of sp³-hybridized carbons (Fsp3) is 0.647. The predicted molar refractivity (Wildman–Crippen MR) is 86.2 cm³/mol. The summed E-state index contributed by atoms with van der Waals surface area (Å²) < 4.78 is 11.3. The fourth-order valence-electron chi connectivity index (χ4n) is 2.83. The molecule has 0 bridgehead atoms. The molecule has 1 aliphatic rings. The van der Waals surface area contributed by atoms with Gasteiger partial charge in [-0.3, -0.25) is 0 Å². The van der Waals surface area contributed by atoms with E-state index in [0.717, 1.165) is 24.6 Å². The minimum absolute atomic E-state index is 0.285. The van der Waals surface area contributed by atoms with E-state index in [1.165, 1.54) is 5.56 Å². The Hall–Kier alpha value is -1.26. The van der Waals surface area contributed by atoms with Gasteiger partial charge in [0, 0.05) is 19.1 Å². The van der Waals surface area contributed by atoms with Crippen molar-refractivity contribution >= 4 is 0 Å². The molecule has 21 heavy (non-hydrogen) atoms. The molecule has 118 valence electrons. The molecule has 1 heterocycles. The first-order valence-corrected chi connectivity index (χ1v) is 7.64. The maximum absolute atomic E-state index is 5.68. The van der Waals surface area contributed by atoms with Crippen molar-refractivity contribution in [1.29, 1.82) is 0 Å². The van der Waals surface area contributed by atoms with Gasteiger partial charge in [0.1, 0.15) is 13.2 Å². The number of ether oxygens (including phenoxy) is 2. The fourth-order valence-corrected chi connectivity index (χ4v) is 2.83. The smallest absolute Gasteiger partial charge is 0.161 e. The first-order valence-electron chi connectivity index (χ1n) is 7.64. The quantitative estimate of drug-likeness (QED) is 0.905. The zero-order valence-corrected chi connectivity index (χ0v) is 13.9. The number of rotatable bonds is 5. The monoisotopic (exact) mass is 292 g/mol. The summed E-state index contributed by atoms with van der Waals surface area (Å²) in [6.45, 7) is 10.1. The summed E-state index contributed by atoms with van der Waals surface area (Å²) in [5.74, 6) is 1.71. The number of likely N-dealkylation sites (N-methyl/N-ethyl adjacent to an activating group) is 2. The van der Waals surface area contributed by atoms with Crippen molar-refractivity contribution in [2.24, 2.45) is 5.41 Å². The summed E-state index contributed by atoms with van der Waals surface area (Å²) in [5, 5.41) is 3.40. The van der Waals surface area contributed by atoms with Crippen molar-refractivity contribution in [3.8, 4) is 11.5 Å². The largest absolute Gasteiger partial charge is 0.486 e. The van der Waals surface area contributed by atoms with Crippen LogP contribution in [-0.4, -0.2) is 45.3 Å². The second-order valence-electron chi connectivity index (χ2n) is 7.00. The van der Waals surface area contributed by atoms with Crippen LogP contribution in [0.15, 0.2) is 18.2 Å². The van der Waals surface area contributed by atoms with Gasteiger partial charge < -0.3 is 19.7 Å². The molecule has 4 heteroatoms. The summed E-state index contributed by atoms with van der Waals surface area (Å²) in [5.41, 5.74) is 1.54. The summed E-state index contributed by atoms with van der Waals surface area (Å²) in [7, 11) is 4.18. The highest BCUT2D eigenvalue weighted by atomic mass is 16.6. The highest BCUT2D eigenvalue weighted by molar-refractivity contribution is 5.44. The molecule has 1 atom stereocenters. The van der Waals surface area contributed by atoms with Gasteiger partial charge in [0.25, 0.3) is 0 Å². The van der Waals surface area contributed by atoms with Gasteiger partial charge in [0.2, 0.25) is 0 Å². The molecule has 1 aromatic rings. The molecule has 1 aromatic carbocycles. The lowest BCUT2D eigenvalue weighted by atomic mass is 9.95. The zero-order chi connectivity index (χ0) is 15.5. The number of hydrogen-bond donors (Lipinski definition) is 1. The number of benzene rings is 1. The van der Waals surface area contributed by atoms with Gasteiger partial charge >= 0.3 is 0 Å². The molecular weight excluding hydrogens is 264 g/mol. The van der Waals surface area contributed by atoms with E-state index in [1.807, 2.05) is 13.1 Å². The molecule has 0 amide bonds. The van der Waals surface area contributed by atoms with Crippen LogP contribution in [0, 0.1) is 5.41 Å². The Bertz CT molecular complexity index is 468. The second-order valence-corrected chi connectivity index (χ2v) is 7.00. The SMILES string of the molecule is CNC(CN(C)CC(C)(C)C)c1ccc2c(c1)OCCO2. The van der Waals surface area contributed by atoms with E-state index < -0.39 is 0 Å². The Labute approximate surface area is 128 Å². The molecule has 4 nitrogen and oxygen atoms in total. The third-order valence-electron chi connectivity index (χ3n) is 3.56. The normalized spacial score (nSPS) is 16.1. The summed E-state index contributed by atoms with van der Waals surface area (Å²) in [4.78, 5) is 2.37. The minimum atomic E-state index is 0.285. The van der Waals surface area contributed by atoms with E-state index in [-0.39, 0.29) is 6.04 Å². The Morgan fingerprint density at radius 2 is 1.86 bits per heavy atom. The van der Waals surface area contributed by atoms with Crippen LogP contribution in [0.4, 0.5) is 0 Å². The summed E-state index contributed by atoms with van der Waals surface area (Å²) >= 11 is 0. The van der Waals surface area contributed by atoms with Crippen molar-refractivity contribution in [2.45, 2.75) is 26.8 Å². The molecule has 0 radical (unpaired) electrons. The molecule has 0 fully saturated rings. The molecule has 1 unspecified atom stereocenters. The Balaban J connectivity index is 2.07. The molecule has 0 aliphatic carbocycles. The molecule has 1 N–H and O–H groups in total. The Morgan fingerprint density at radius 3 is 2.48 bits per heavy atom. The molecule has 1 aliphatic heterocycles. The number of fused-ring (bicyclic) bond motifs is 1. The van der Waals surface area contributed by atoms with Crippen molar-refractivity contribution in [3.63, 3.8) is 0 Å². The van der Waals surface area contributed by atoms with E-state index in [1.54, 1.807) is 0 Å². The molecular formula is C17H28N2O2. The molecule has 0 saturated heterocycles. The molecule has 0 spiro atoms. The zero-order valence-electron chi connectivity index (χ0n) is 13.9. The lowest BCUT2D eigenvalue weighted by Crippen LogP contribution is -2.36. The average molecular weight is 292 g/mol. The summed E-state index contributed by atoms with van der Waals surface area (Å²) in [6.07, 6.45) is 0. The van der Waals surface area contributed by atoms with Gasteiger partial charge in [0.15, 0.2) is 11.5 Å². The van der Waals surface area contributed by atoms with Crippen molar-refractivity contribution in [2.75, 3.05) is 40.4 Å². The van der Waals surface area contributed by atoms with E-state index >= 15 is 0 Å². The van der Waals surface area contributed by atoms with E-state index in [2.05, 4.69) is 50.2 Å². The lowest BCUT2D eigenvalue weighted by Gasteiger charge is -2.30. The Kier molecular flexibility index (Phi) is 5.12. The van der Waals surface area contributed by atoms with Crippen LogP contribution in [0.3, 0.4) is 0 Å². The highest BCUT2D eigenvalue weighted by Crippen LogP contribution is 2.32. The second kappa shape index (κ2) is 6.67. The molecule has 0 aromatic heterocycles. The van der Waals surface area contributed by atoms with Gasteiger partial charge in [-0.1, -0.05) is 26.8 Å². The third-order valence-corrected chi connectivity index (χ3v) is 3.56. The number of hydrogen-bond acceptors (Lipinski definition) is 4. The van der Waals surface area contributed by atoms with Crippen LogP contribution in [0.5, 0.6) is 11.5 Å². The van der Waals surface area contributed by atoms with Crippen molar-refractivity contribution < 1.29 is 9.47 Å². The van der Waals surface area contributed by atoms with Crippen LogP contribution in [0.25, 0.3) is 0 Å². The van der Waals surface area contributed by atoms with Gasteiger partial charge in [-0.25, -0.2) is 0 Å². The average Bonchev–Trinajstić information content (AvgIpc) is 2.42. The number of nitrogens with one attached hydrogen (secondary N) is 1. The highest BCUT2D eigenvalue weighted by Gasteiger charge is 2.19. The lowest BCUT2D eigenvalue weighted by molar-refractivity contribution is 0.171. The van der Waals surface area contributed by atoms with Gasteiger partial charge in [-0.15, -0.1) is 0 Å². The van der Waals surface area contributed by atoms with Crippen molar-refractivity contribution in [3.05, 3.63) is 23.8 Å². The molecule has 2 rings (SSSR count). The van der Waals surface area contributed by atoms with Crippen LogP contribution in [0.2, 0.25) is 0 Å². The maximum atomic E-state index is 5.68. The van der Waals surface area contributed by atoms with E-state index in [9.17, 15) is 0 Å². The van der Waals surface area contributed by atoms with Crippen LogP contribution in [0.1, 0.15) is 32.4 Å². The van der Waals surface area contributed by atoms with Crippen LogP contribution < -0.4 is 14.8 Å². The van der Waals surface area contributed by atoms with Crippen LogP contribution >= 0.6 is 0 Å². The minimum Gasteiger partial charge on any atom is -0.486 e. The predicted octanol–water partition coefficient (Wildman–Crippen LogP) is 2.70.